The van der Waals surface area contributed by atoms with Crippen molar-refractivity contribution in [3.63, 3.8) is 0 Å². The molecule has 0 aliphatic carbocycles. The fourth-order valence-corrected chi connectivity index (χ4v) is 3.76. The maximum absolute atomic E-state index is 10.8. The number of aromatic nitrogens is 4. The Hall–Kier alpha value is -3.72. The maximum Gasteiger partial charge on any atom is 0.269 e. The van der Waals surface area contributed by atoms with Gasteiger partial charge in [0.15, 0.2) is 11.0 Å². The minimum atomic E-state index is -0.406. The summed E-state index contributed by atoms with van der Waals surface area (Å²) in [5.74, 6) is 1.98. The van der Waals surface area contributed by atoms with E-state index in [0.29, 0.717) is 22.4 Å². The molecule has 0 atom stereocenters. The monoisotopic (exact) mass is 419 g/mol. The molecule has 4 aromatic rings. The van der Waals surface area contributed by atoms with Crippen molar-refractivity contribution in [2.45, 2.75) is 10.9 Å². The average molecular weight is 419 g/mol. The Morgan fingerprint density at radius 1 is 1.03 bits per heavy atom. The molecule has 0 fully saturated rings. The maximum atomic E-state index is 10.8. The summed E-state index contributed by atoms with van der Waals surface area (Å²) in [4.78, 5) is 14.8. The molecule has 0 N–H and O–H groups in total. The van der Waals surface area contributed by atoms with E-state index in [4.69, 9.17) is 4.74 Å². The standard InChI is InChI=1S/C21H17N5O3S/c1-29-18-11-9-16(10-12-18)25-20(19-4-2-3-13-22-19)23-24-21(25)30-14-15-5-7-17(8-6-15)26(27)28/h2-13H,14H2,1H3. The summed E-state index contributed by atoms with van der Waals surface area (Å²) in [6.45, 7) is 0. The summed E-state index contributed by atoms with van der Waals surface area (Å²) < 4.78 is 7.20. The first-order valence-corrected chi connectivity index (χ1v) is 10.0. The second-order valence-corrected chi connectivity index (χ2v) is 7.21. The van der Waals surface area contributed by atoms with E-state index < -0.39 is 4.92 Å². The molecule has 150 valence electrons. The fourth-order valence-electron chi connectivity index (χ4n) is 2.85. The number of methoxy groups -OCH3 is 1. The first-order valence-electron chi connectivity index (χ1n) is 9.03. The smallest absolute Gasteiger partial charge is 0.269 e. The zero-order valence-electron chi connectivity index (χ0n) is 16.0. The molecule has 2 aromatic carbocycles. The third kappa shape index (κ3) is 4.15. The van der Waals surface area contributed by atoms with E-state index >= 15 is 0 Å². The Morgan fingerprint density at radius 2 is 1.80 bits per heavy atom. The van der Waals surface area contributed by atoms with Gasteiger partial charge in [-0.25, -0.2) is 0 Å². The number of non-ortho nitro benzene ring substituents is 1. The molecule has 0 aliphatic rings. The molecule has 0 radical (unpaired) electrons. The Kier molecular flexibility index (Phi) is 5.71. The van der Waals surface area contributed by atoms with Gasteiger partial charge in [-0.1, -0.05) is 30.0 Å². The van der Waals surface area contributed by atoms with Crippen LogP contribution >= 0.6 is 11.8 Å². The number of hydrogen-bond acceptors (Lipinski definition) is 7. The van der Waals surface area contributed by atoms with E-state index in [1.165, 1.54) is 23.9 Å². The predicted octanol–water partition coefficient (Wildman–Crippen LogP) is 4.54. The second kappa shape index (κ2) is 8.75. The highest BCUT2D eigenvalue weighted by Crippen LogP contribution is 2.30. The number of nitrogens with zero attached hydrogens (tertiary/aromatic N) is 5. The Bertz CT molecular complexity index is 1150. The molecule has 0 saturated heterocycles. The molecular weight excluding hydrogens is 402 g/mol. The van der Waals surface area contributed by atoms with Gasteiger partial charge in [0.1, 0.15) is 11.4 Å². The van der Waals surface area contributed by atoms with E-state index in [1.807, 2.05) is 47.0 Å². The van der Waals surface area contributed by atoms with Crippen molar-refractivity contribution < 1.29 is 9.66 Å². The number of thioether (sulfide) groups is 1. The molecule has 0 saturated carbocycles. The summed E-state index contributed by atoms with van der Waals surface area (Å²) >= 11 is 1.50. The summed E-state index contributed by atoms with van der Waals surface area (Å²) in [7, 11) is 1.62. The number of hydrogen-bond donors (Lipinski definition) is 0. The third-order valence-corrected chi connectivity index (χ3v) is 5.37. The van der Waals surface area contributed by atoms with Crippen molar-refractivity contribution in [2.24, 2.45) is 0 Å². The number of nitro groups is 1. The number of rotatable bonds is 7. The van der Waals surface area contributed by atoms with E-state index in [2.05, 4.69) is 15.2 Å². The number of pyridine rings is 1. The lowest BCUT2D eigenvalue weighted by Gasteiger charge is -2.11. The van der Waals surface area contributed by atoms with Crippen LogP contribution in [0.3, 0.4) is 0 Å². The van der Waals surface area contributed by atoms with Gasteiger partial charge in [0, 0.05) is 24.1 Å². The van der Waals surface area contributed by atoms with Gasteiger partial charge in [-0.15, -0.1) is 10.2 Å². The zero-order valence-corrected chi connectivity index (χ0v) is 16.8. The van der Waals surface area contributed by atoms with Crippen molar-refractivity contribution in [3.8, 4) is 23.0 Å². The van der Waals surface area contributed by atoms with Gasteiger partial charge >= 0.3 is 0 Å². The summed E-state index contributed by atoms with van der Waals surface area (Å²) in [5, 5.41) is 20.3. The van der Waals surface area contributed by atoms with E-state index in [-0.39, 0.29) is 5.69 Å². The summed E-state index contributed by atoms with van der Waals surface area (Å²) in [6, 6.07) is 19.8. The van der Waals surface area contributed by atoms with Crippen molar-refractivity contribution in [3.05, 3.63) is 88.6 Å². The molecule has 2 aromatic heterocycles. The number of ether oxygens (including phenoxy) is 1. The van der Waals surface area contributed by atoms with E-state index in [0.717, 1.165) is 17.0 Å². The topological polar surface area (TPSA) is 96.0 Å². The largest absolute Gasteiger partial charge is 0.497 e. The minimum Gasteiger partial charge on any atom is -0.497 e. The highest BCUT2D eigenvalue weighted by atomic mass is 32.2. The van der Waals surface area contributed by atoms with Crippen LogP contribution in [0.4, 0.5) is 5.69 Å². The van der Waals surface area contributed by atoms with Crippen LogP contribution in [0.25, 0.3) is 17.2 Å². The molecule has 0 unspecified atom stereocenters. The number of benzene rings is 2. The summed E-state index contributed by atoms with van der Waals surface area (Å²) in [6.07, 6.45) is 1.71. The van der Waals surface area contributed by atoms with E-state index in [9.17, 15) is 10.1 Å². The van der Waals surface area contributed by atoms with Gasteiger partial charge in [0.2, 0.25) is 0 Å². The quantitative estimate of drug-likeness (QED) is 0.246. The van der Waals surface area contributed by atoms with Crippen molar-refractivity contribution in [1.29, 1.82) is 0 Å². The molecule has 30 heavy (non-hydrogen) atoms. The van der Waals surface area contributed by atoms with Crippen molar-refractivity contribution in [2.75, 3.05) is 7.11 Å². The Labute approximate surface area is 176 Å². The van der Waals surface area contributed by atoms with Crippen LogP contribution in [0.15, 0.2) is 78.1 Å². The second-order valence-electron chi connectivity index (χ2n) is 6.27. The van der Waals surface area contributed by atoms with Gasteiger partial charge in [-0.3, -0.25) is 19.7 Å². The van der Waals surface area contributed by atoms with Crippen LogP contribution in [0, 0.1) is 10.1 Å². The molecular formula is C21H17N5O3S. The van der Waals surface area contributed by atoms with Crippen LogP contribution < -0.4 is 4.74 Å². The highest BCUT2D eigenvalue weighted by Gasteiger charge is 2.17. The van der Waals surface area contributed by atoms with Crippen LogP contribution in [0.2, 0.25) is 0 Å². The normalized spacial score (nSPS) is 10.7. The average Bonchev–Trinajstić information content (AvgIpc) is 3.22. The molecule has 0 aliphatic heterocycles. The fraction of sp³-hybridized carbons (Fsp3) is 0.0952. The molecule has 0 spiro atoms. The first-order chi connectivity index (χ1) is 14.7. The van der Waals surface area contributed by atoms with Gasteiger partial charge < -0.3 is 4.74 Å². The third-order valence-electron chi connectivity index (χ3n) is 4.37. The zero-order chi connectivity index (χ0) is 20.9. The number of nitro benzene ring substituents is 1. The van der Waals surface area contributed by atoms with Crippen molar-refractivity contribution in [1.82, 2.24) is 19.7 Å². The SMILES string of the molecule is COc1ccc(-n2c(SCc3ccc([N+](=O)[O-])cc3)nnc2-c2ccccn2)cc1. The van der Waals surface area contributed by atoms with Gasteiger partial charge in [-0.05, 0) is 42.0 Å². The van der Waals surface area contributed by atoms with Gasteiger partial charge in [0.25, 0.3) is 5.69 Å². The molecule has 0 bridgehead atoms. The lowest BCUT2D eigenvalue weighted by molar-refractivity contribution is -0.384. The minimum absolute atomic E-state index is 0.0718. The van der Waals surface area contributed by atoms with Crippen LogP contribution in [0.1, 0.15) is 5.56 Å². The molecule has 4 rings (SSSR count). The Balaban J connectivity index is 1.66. The molecule has 9 heteroatoms. The molecule has 2 heterocycles. The van der Waals surface area contributed by atoms with Crippen LogP contribution in [-0.4, -0.2) is 31.8 Å². The summed E-state index contributed by atoms with van der Waals surface area (Å²) in [5.41, 5.74) is 2.62. The molecule has 8 nitrogen and oxygen atoms in total. The van der Waals surface area contributed by atoms with Gasteiger partial charge in [-0.2, -0.15) is 0 Å². The Morgan fingerprint density at radius 3 is 2.43 bits per heavy atom. The first kappa shape index (κ1) is 19.6. The lowest BCUT2D eigenvalue weighted by Crippen LogP contribution is -2.01. The molecule has 0 amide bonds. The van der Waals surface area contributed by atoms with Crippen molar-refractivity contribution >= 4 is 17.4 Å². The van der Waals surface area contributed by atoms with Crippen LogP contribution in [0.5, 0.6) is 5.75 Å². The van der Waals surface area contributed by atoms with Gasteiger partial charge in [0.05, 0.1) is 17.7 Å². The highest BCUT2D eigenvalue weighted by molar-refractivity contribution is 7.98. The van der Waals surface area contributed by atoms with Crippen LogP contribution in [-0.2, 0) is 5.75 Å². The lowest BCUT2D eigenvalue weighted by atomic mass is 10.2. The predicted molar refractivity (Wildman–Crippen MR) is 114 cm³/mol. The van der Waals surface area contributed by atoms with E-state index in [1.54, 1.807) is 25.4 Å².